The molecule has 6 rings (SSSR count). The Bertz CT molecular complexity index is 1750. The van der Waals surface area contributed by atoms with E-state index >= 15 is 0 Å². The number of aromatic nitrogens is 4. The third kappa shape index (κ3) is 6.73. The van der Waals surface area contributed by atoms with Gasteiger partial charge in [0.25, 0.3) is 0 Å². The summed E-state index contributed by atoms with van der Waals surface area (Å²) in [7, 11) is 0. The molecule has 0 saturated heterocycles. The molecule has 4 aromatic heterocycles. The Balaban J connectivity index is 0.876. The van der Waals surface area contributed by atoms with Crippen molar-refractivity contribution >= 4 is 132 Å². The SMILES string of the molecule is CSc1nc2ccc3nc(NC(=O)CCCCCCCCC(=O)Nc4nc5ccc6nc(SC)sc6c5s4)sc3c2s1. The first-order valence-electron chi connectivity index (χ1n) is 13.6. The van der Waals surface area contributed by atoms with E-state index in [0.29, 0.717) is 23.1 Å². The average molecular weight is 673 g/mol. The third-order valence-corrected chi connectivity index (χ3v) is 13.1. The number of hydrogen-bond acceptors (Lipinski definition) is 12. The predicted molar refractivity (Wildman–Crippen MR) is 183 cm³/mol. The molecule has 0 atom stereocenters. The van der Waals surface area contributed by atoms with E-state index in [1.54, 1.807) is 46.2 Å². The van der Waals surface area contributed by atoms with E-state index in [-0.39, 0.29) is 11.8 Å². The molecule has 4 heterocycles. The second-order valence-electron chi connectivity index (χ2n) is 9.65. The zero-order valence-corrected chi connectivity index (χ0v) is 27.9. The Hall–Kier alpha value is -2.36. The van der Waals surface area contributed by atoms with Gasteiger partial charge in [0.15, 0.2) is 18.9 Å². The molecule has 0 fully saturated rings. The van der Waals surface area contributed by atoms with Crippen LogP contribution in [-0.2, 0) is 9.59 Å². The van der Waals surface area contributed by atoms with E-state index < -0.39 is 0 Å². The molecule has 0 unspecified atom stereocenters. The molecule has 0 bridgehead atoms. The number of benzene rings is 2. The largest absolute Gasteiger partial charge is 0.302 e. The zero-order valence-electron chi connectivity index (χ0n) is 23.0. The van der Waals surface area contributed by atoms with Crippen LogP contribution in [0.15, 0.2) is 32.9 Å². The summed E-state index contributed by atoms with van der Waals surface area (Å²) < 4.78 is 6.49. The van der Waals surface area contributed by atoms with Gasteiger partial charge < -0.3 is 10.6 Å². The molecule has 2 N–H and O–H groups in total. The Labute approximate surface area is 267 Å². The minimum absolute atomic E-state index is 0.00620. The van der Waals surface area contributed by atoms with Gasteiger partial charge in [-0.15, -0.1) is 22.7 Å². The van der Waals surface area contributed by atoms with Crippen LogP contribution in [0.3, 0.4) is 0 Å². The van der Waals surface area contributed by atoms with Crippen molar-refractivity contribution in [1.29, 1.82) is 0 Å². The molecule has 218 valence electrons. The van der Waals surface area contributed by atoms with Crippen LogP contribution in [0.2, 0.25) is 0 Å². The molecule has 6 aromatic rings. The fourth-order valence-corrected chi connectivity index (χ4v) is 9.98. The number of amides is 2. The molecule has 0 saturated carbocycles. The summed E-state index contributed by atoms with van der Waals surface area (Å²) in [5, 5.41) is 7.24. The maximum Gasteiger partial charge on any atom is 0.226 e. The first-order valence-corrected chi connectivity index (χ1v) is 19.3. The Morgan fingerprint density at radius 2 is 0.929 bits per heavy atom. The Morgan fingerprint density at radius 3 is 1.33 bits per heavy atom. The summed E-state index contributed by atoms with van der Waals surface area (Å²) >= 11 is 9.66. The topological polar surface area (TPSA) is 110 Å². The molecule has 2 amide bonds. The maximum atomic E-state index is 12.5. The molecule has 42 heavy (non-hydrogen) atoms. The lowest BCUT2D eigenvalue weighted by Gasteiger charge is -2.03. The fourth-order valence-electron chi connectivity index (χ4n) is 4.63. The second-order valence-corrected chi connectivity index (χ2v) is 15.8. The number of rotatable bonds is 13. The smallest absolute Gasteiger partial charge is 0.226 e. The molecule has 0 radical (unpaired) electrons. The molecule has 0 aliphatic heterocycles. The van der Waals surface area contributed by atoms with Crippen LogP contribution >= 0.6 is 68.9 Å². The van der Waals surface area contributed by atoms with Crippen LogP contribution < -0.4 is 10.6 Å². The lowest BCUT2D eigenvalue weighted by atomic mass is 10.1. The Kier molecular flexibility index (Phi) is 9.56. The van der Waals surface area contributed by atoms with Crippen LogP contribution in [0.1, 0.15) is 51.4 Å². The van der Waals surface area contributed by atoms with Crippen LogP contribution in [0.4, 0.5) is 10.3 Å². The minimum atomic E-state index is 0.00620. The van der Waals surface area contributed by atoms with E-state index in [1.165, 1.54) is 22.7 Å². The highest BCUT2D eigenvalue weighted by atomic mass is 32.2. The van der Waals surface area contributed by atoms with Crippen molar-refractivity contribution in [3.63, 3.8) is 0 Å². The van der Waals surface area contributed by atoms with E-state index in [9.17, 15) is 9.59 Å². The average Bonchev–Trinajstić information content (AvgIpc) is 3.76. The quantitative estimate of drug-likeness (QED) is 0.0923. The van der Waals surface area contributed by atoms with E-state index in [0.717, 1.165) is 88.1 Å². The van der Waals surface area contributed by atoms with Crippen molar-refractivity contribution in [3.8, 4) is 0 Å². The zero-order chi connectivity index (χ0) is 29.1. The summed E-state index contributed by atoms with van der Waals surface area (Å²) in [5.41, 5.74) is 3.76. The molecule has 0 aliphatic rings. The molecule has 2 aromatic carbocycles. The lowest BCUT2D eigenvalue weighted by Crippen LogP contribution is -2.11. The summed E-state index contributed by atoms with van der Waals surface area (Å²) in [6.45, 7) is 0. The van der Waals surface area contributed by atoms with Gasteiger partial charge in [-0.25, -0.2) is 19.9 Å². The van der Waals surface area contributed by atoms with E-state index in [2.05, 4.69) is 30.6 Å². The standard InChI is InChI=1S/C28H28N6O2S6/c1-37-27-31-17-13-11-15-21(23(17)41-27)39-25(29-15)33-19(35)9-7-5-3-4-6-8-10-20(36)34-26-30-16-12-14-18-24(22(16)40-26)42-28(32-18)38-2/h11-14H,3-10H2,1-2H3,(H,29,33,35)(H,30,34,36). The number of hydrogen-bond donors (Lipinski definition) is 2. The Morgan fingerprint density at radius 1 is 0.571 bits per heavy atom. The van der Waals surface area contributed by atoms with Crippen LogP contribution in [-0.4, -0.2) is 44.3 Å². The number of nitrogens with one attached hydrogen (secondary N) is 2. The monoisotopic (exact) mass is 672 g/mol. The molecule has 8 nitrogen and oxygen atoms in total. The van der Waals surface area contributed by atoms with Crippen LogP contribution in [0.5, 0.6) is 0 Å². The van der Waals surface area contributed by atoms with Crippen LogP contribution in [0.25, 0.3) is 40.9 Å². The van der Waals surface area contributed by atoms with Gasteiger partial charge in [0.1, 0.15) is 0 Å². The number of unbranched alkanes of at least 4 members (excludes halogenated alkanes) is 5. The highest BCUT2D eigenvalue weighted by molar-refractivity contribution is 8.00. The molecule has 14 heteroatoms. The first kappa shape index (κ1) is 29.7. The van der Waals surface area contributed by atoms with Gasteiger partial charge in [-0.1, -0.05) is 71.9 Å². The van der Waals surface area contributed by atoms with Crippen molar-refractivity contribution in [3.05, 3.63) is 24.3 Å². The van der Waals surface area contributed by atoms with Crippen molar-refractivity contribution in [2.75, 3.05) is 23.1 Å². The number of thioether (sulfide) groups is 2. The highest BCUT2D eigenvalue weighted by Gasteiger charge is 2.15. The van der Waals surface area contributed by atoms with E-state index in [4.69, 9.17) is 0 Å². The van der Waals surface area contributed by atoms with Gasteiger partial charge in [-0.2, -0.15) is 0 Å². The highest BCUT2D eigenvalue weighted by Crippen LogP contribution is 2.39. The number of carbonyl (C=O) groups is 2. The van der Waals surface area contributed by atoms with Gasteiger partial charge >= 0.3 is 0 Å². The van der Waals surface area contributed by atoms with Crippen molar-refractivity contribution in [1.82, 2.24) is 19.9 Å². The first-order chi connectivity index (χ1) is 20.5. The molecule has 0 spiro atoms. The van der Waals surface area contributed by atoms with Crippen LogP contribution in [0, 0.1) is 0 Å². The summed E-state index contributed by atoms with van der Waals surface area (Å²) in [5.74, 6) is 0.0124. The van der Waals surface area contributed by atoms with Gasteiger partial charge in [0, 0.05) is 12.8 Å². The fraction of sp³-hybridized carbons (Fsp3) is 0.357. The van der Waals surface area contributed by atoms with Gasteiger partial charge in [-0.05, 0) is 49.6 Å². The number of fused-ring (bicyclic) bond motifs is 6. The lowest BCUT2D eigenvalue weighted by molar-refractivity contribution is -0.117. The second kappa shape index (κ2) is 13.5. The van der Waals surface area contributed by atoms with Crippen molar-refractivity contribution in [2.24, 2.45) is 0 Å². The number of nitrogens with zero attached hydrogens (tertiary/aromatic N) is 4. The maximum absolute atomic E-state index is 12.5. The molecular formula is C28H28N6O2S6. The molecule has 0 aliphatic carbocycles. The third-order valence-electron chi connectivity index (χ3n) is 6.68. The van der Waals surface area contributed by atoms with Gasteiger partial charge in [-0.3, -0.25) is 9.59 Å². The number of thiazole rings is 4. The number of carbonyl (C=O) groups excluding carboxylic acids is 2. The summed E-state index contributed by atoms with van der Waals surface area (Å²) in [4.78, 5) is 43.4. The number of anilines is 2. The van der Waals surface area contributed by atoms with Crippen molar-refractivity contribution in [2.45, 2.75) is 60.0 Å². The predicted octanol–water partition coefficient (Wildman–Crippen LogP) is 9.27. The summed E-state index contributed by atoms with van der Waals surface area (Å²) in [6.07, 6.45) is 10.8. The minimum Gasteiger partial charge on any atom is -0.302 e. The van der Waals surface area contributed by atoms with Gasteiger partial charge in [0.2, 0.25) is 11.8 Å². The van der Waals surface area contributed by atoms with E-state index in [1.807, 2.05) is 36.8 Å². The summed E-state index contributed by atoms with van der Waals surface area (Å²) in [6, 6.07) is 7.93. The molecular weight excluding hydrogens is 645 g/mol. The van der Waals surface area contributed by atoms with Crippen molar-refractivity contribution < 1.29 is 9.59 Å². The van der Waals surface area contributed by atoms with Gasteiger partial charge in [0.05, 0.1) is 40.9 Å². The normalized spacial score (nSPS) is 11.8.